The Labute approximate surface area is 188 Å². The van der Waals surface area contributed by atoms with Crippen LogP contribution in [0, 0.1) is 13.8 Å². The van der Waals surface area contributed by atoms with Gasteiger partial charge in [-0.25, -0.2) is 18.1 Å². The molecule has 3 rings (SSSR count). The molecule has 2 heterocycles. The summed E-state index contributed by atoms with van der Waals surface area (Å²) in [7, 11) is -3.64. The molecule has 2 aromatic heterocycles. The molecule has 0 radical (unpaired) electrons. The highest BCUT2D eigenvalue weighted by molar-refractivity contribution is 7.99. The van der Waals surface area contributed by atoms with Gasteiger partial charge in [-0.05, 0) is 64.4 Å². The maximum Gasteiger partial charge on any atom is 0.260 e. The molecule has 0 unspecified atom stereocenters. The molecule has 11 heteroatoms. The fourth-order valence-electron chi connectivity index (χ4n) is 2.81. The van der Waals surface area contributed by atoms with E-state index in [0.717, 1.165) is 22.2 Å². The number of benzene rings is 1. The van der Waals surface area contributed by atoms with E-state index in [9.17, 15) is 18.0 Å². The number of anilines is 1. The number of nitrogens with one attached hydrogen (secondary N) is 3. The van der Waals surface area contributed by atoms with Crippen molar-refractivity contribution in [1.82, 2.24) is 14.7 Å². The van der Waals surface area contributed by atoms with Crippen molar-refractivity contribution in [3.8, 4) is 0 Å². The van der Waals surface area contributed by atoms with E-state index in [1.54, 1.807) is 20.8 Å². The van der Waals surface area contributed by atoms with Crippen molar-refractivity contribution < 1.29 is 13.2 Å². The van der Waals surface area contributed by atoms with Gasteiger partial charge in [0.05, 0.1) is 16.0 Å². The molecule has 0 saturated carbocycles. The third-order valence-corrected chi connectivity index (χ3v) is 7.99. The van der Waals surface area contributed by atoms with Crippen LogP contribution in [0.5, 0.6) is 0 Å². The largest absolute Gasteiger partial charge is 0.325 e. The van der Waals surface area contributed by atoms with Crippen LogP contribution in [0.4, 0.5) is 5.69 Å². The first-order chi connectivity index (χ1) is 14.4. The number of hydrogen-bond donors (Lipinski definition) is 3. The van der Waals surface area contributed by atoms with E-state index in [1.165, 1.54) is 35.6 Å². The van der Waals surface area contributed by atoms with Crippen LogP contribution in [0.2, 0.25) is 0 Å². The zero-order valence-corrected chi connectivity index (χ0v) is 20.3. The maximum atomic E-state index is 12.3. The minimum Gasteiger partial charge on any atom is -0.325 e. The summed E-state index contributed by atoms with van der Waals surface area (Å²) < 4.78 is 27.3. The molecular formula is C20H24N4O4S3. The predicted octanol–water partition coefficient (Wildman–Crippen LogP) is 3.41. The quantitative estimate of drug-likeness (QED) is 0.367. The highest BCUT2D eigenvalue weighted by Gasteiger charge is 2.22. The Bertz CT molecular complexity index is 1290. The highest BCUT2D eigenvalue weighted by Crippen LogP contribution is 2.27. The van der Waals surface area contributed by atoms with E-state index in [-0.39, 0.29) is 22.1 Å². The van der Waals surface area contributed by atoms with Crippen LogP contribution < -0.4 is 15.6 Å². The minimum absolute atomic E-state index is 0.0451. The van der Waals surface area contributed by atoms with Gasteiger partial charge in [-0.15, -0.1) is 11.3 Å². The lowest BCUT2D eigenvalue weighted by Gasteiger charge is -2.20. The molecule has 3 N–H and O–H groups in total. The summed E-state index contributed by atoms with van der Waals surface area (Å²) in [6.45, 7) is 9.12. The number of carbonyl (C=O) groups excluding carboxylic acids is 1. The third-order valence-electron chi connectivity index (χ3n) is 4.25. The average molecular weight is 481 g/mol. The fraction of sp³-hybridized carbons (Fsp3) is 0.350. The molecule has 0 spiro atoms. The summed E-state index contributed by atoms with van der Waals surface area (Å²) in [6, 6.07) is 5.93. The standard InChI is InChI=1S/C20H24N4O4S3/c1-11-12(2)30-18-16(11)17(26)22-19(23-18)29-10-15(25)21-13-6-8-14(9-7-13)31(27,28)24-20(3,4)5/h6-9,24H,10H2,1-5H3,(H,21,25)(H,22,23,26). The molecule has 1 amide bonds. The van der Waals surface area contributed by atoms with Crippen molar-refractivity contribution in [1.29, 1.82) is 0 Å². The number of nitrogens with zero attached hydrogens (tertiary/aromatic N) is 1. The lowest BCUT2D eigenvalue weighted by atomic mass is 10.1. The Hall–Kier alpha value is -2.21. The molecule has 8 nitrogen and oxygen atoms in total. The number of hydrogen-bond acceptors (Lipinski definition) is 7. The Morgan fingerprint density at radius 3 is 2.45 bits per heavy atom. The summed E-state index contributed by atoms with van der Waals surface area (Å²) in [5.74, 6) is -0.252. The number of fused-ring (bicyclic) bond motifs is 1. The van der Waals surface area contributed by atoms with Crippen LogP contribution in [0.1, 0.15) is 31.2 Å². The van der Waals surface area contributed by atoms with Gasteiger partial charge in [0.15, 0.2) is 5.16 Å². The lowest BCUT2D eigenvalue weighted by Crippen LogP contribution is -2.40. The molecular weight excluding hydrogens is 456 g/mol. The number of thiophene rings is 1. The highest BCUT2D eigenvalue weighted by atomic mass is 32.2. The van der Waals surface area contributed by atoms with Crippen molar-refractivity contribution in [2.45, 2.75) is 50.2 Å². The van der Waals surface area contributed by atoms with Gasteiger partial charge in [-0.1, -0.05) is 11.8 Å². The molecule has 0 aliphatic rings. The van der Waals surface area contributed by atoms with Crippen molar-refractivity contribution in [3.63, 3.8) is 0 Å². The van der Waals surface area contributed by atoms with Crippen LogP contribution in [0.15, 0.2) is 39.1 Å². The number of aromatic nitrogens is 2. The second-order valence-electron chi connectivity index (χ2n) is 8.05. The third kappa shape index (κ3) is 5.73. The van der Waals surface area contributed by atoms with E-state index in [1.807, 2.05) is 13.8 Å². The Balaban J connectivity index is 1.64. The molecule has 1 aromatic carbocycles. The minimum atomic E-state index is -3.64. The van der Waals surface area contributed by atoms with E-state index < -0.39 is 15.6 Å². The molecule has 3 aromatic rings. The Kier molecular flexibility index (Phi) is 6.61. The zero-order chi connectivity index (χ0) is 23.0. The number of carbonyl (C=O) groups is 1. The summed E-state index contributed by atoms with van der Waals surface area (Å²) in [6.07, 6.45) is 0. The van der Waals surface area contributed by atoms with Crippen molar-refractivity contribution in [3.05, 3.63) is 45.1 Å². The zero-order valence-electron chi connectivity index (χ0n) is 17.8. The summed E-state index contributed by atoms with van der Waals surface area (Å²) in [4.78, 5) is 33.6. The smallest absolute Gasteiger partial charge is 0.260 e. The van der Waals surface area contributed by atoms with Crippen LogP contribution in [-0.2, 0) is 14.8 Å². The SMILES string of the molecule is Cc1sc2nc(SCC(=O)Nc3ccc(S(=O)(=O)NC(C)(C)C)cc3)[nH]c(=O)c2c1C. The molecule has 0 aliphatic carbocycles. The Morgan fingerprint density at radius 2 is 1.84 bits per heavy atom. The van der Waals surface area contributed by atoms with Gasteiger partial charge in [0.25, 0.3) is 5.56 Å². The van der Waals surface area contributed by atoms with Crippen molar-refractivity contribution >= 4 is 54.9 Å². The number of H-pyrrole nitrogens is 1. The molecule has 0 saturated heterocycles. The summed E-state index contributed by atoms with van der Waals surface area (Å²) >= 11 is 2.58. The van der Waals surface area contributed by atoms with E-state index in [0.29, 0.717) is 21.1 Å². The van der Waals surface area contributed by atoms with Crippen LogP contribution in [0.25, 0.3) is 10.2 Å². The molecule has 0 bridgehead atoms. The van der Waals surface area contributed by atoms with Crippen molar-refractivity contribution in [2.75, 3.05) is 11.1 Å². The summed E-state index contributed by atoms with van der Waals surface area (Å²) in [5, 5.41) is 3.68. The maximum absolute atomic E-state index is 12.3. The van der Waals surface area contributed by atoms with Gasteiger partial charge in [0.1, 0.15) is 4.83 Å². The van der Waals surface area contributed by atoms with Crippen LogP contribution in [-0.4, -0.2) is 35.6 Å². The van der Waals surface area contributed by atoms with Crippen LogP contribution >= 0.6 is 23.1 Å². The van der Waals surface area contributed by atoms with Crippen molar-refractivity contribution in [2.24, 2.45) is 0 Å². The fourth-order valence-corrected chi connectivity index (χ4v) is 5.98. The first kappa shape index (κ1) is 23.5. The van der Waals surface area contributed by atoms with Gasteiger partial charge in [-0.2, -0.15) is 0 Å². The van der Waals surface area contributed by atoms with Gasteiger partial charge >= 0.3 is 0 Å². The van der Waals surface area contributed by atoms with E-state index in [4.69, 9.17) is 0 Å². The molecule has 0 fully saturated rings. The Morgan fingerprint density at radius 1 is 1.19 bits per heavy atom. The van der Waals surface area contributed by atoms with Gasteiger partial charge in [0.2, 0.25) is 15.9 Å². The normalized spacial score (nSPS) is 12.3. The van der Waals surface area contributed by atoms with E-state index in [2.05, 4.69) is 20.0 Å². The number of rotatable bonds is 6. The second kappa shape index (κ2) is 8.73. The topological polar surface area (TPSA) is 121 Å². The number of aryl methyl sites for hydroxylation is 2. The monoisotopic (exact) mass is 480 g/mol. The van der Waals surface area contributed by atoms with Gasteiger partial charge in [-0.3, -0.25) is 9.59 Å². The average Bonchev–Trinajstić information content (AvgIpc) is 2.93. The first-order valence-electron chi connectivity index (χ1n) is 9.42. The first-order valence-corrected chi connectivity index (χ1v) is 12.7. The second-order valence-corrected chi connectivity index (χ2v) is 11.9. The lowest BCUT2D eigenvalue weighted by molar-refractivity contribution is -0.113. The molecule has 0 atom stereocenters. The number of sulfonamides is 1. The van der Waals surface area contributed by atoms with E-state index >= 15 is 0 Å². The van der Waals surface area contributed by atoms with Gasteiger partial charge in [0, 0.05) is 16.1 Å². The predicted molar refractivity (Wildman–Crippen MR) is 126 cm³/mol. The van der Waals surface area contributed by atoms with Gasteiger partial charge < -0.3 is 10.3 Å². The molecule has 166 valence electrons. The summed E-state index contributed by atoms with van der Waals surface area (Å²) in [5.41, 5.74) is 0.588. The van der Waals surface area contributed by atoms with Crippen LogP contribution in [0.3, 0.4) is 0 Å². The number of amides is 1. The molecule has 31 heavy (non-hydrogen) atoms. The number of aromatic amines is 1. The molecule has 0 aliphatic heterocycles. The number of thioether (sulfide) groups is 1.